The van der Waals surface area contributed by atoms with Crippen molar-refractivity contribution in [2.45, 2.75) is 58.5 Å². The first-order valence-electron chi connectivity index (χ1n) is 7.21. The van der Waals surface area contributed by atoms with Gasteiger partial charge in [0.05, 0.1) is 12.7 Å². The van der Waals surface area contributed by atoms with E-state index in [4.69, 9.17) is 0 Å². The highest BCUT2D eigenvalue weighted by atomic mass is 16.2. The Morgan fingerprint density at radius 1 is 1.35 bits per heavy atom. The summed E-state index contributed by atoms with van der Waals surface area (Å²) in [5.41, 5.74) is 0. The molecule has 1 aliphatic carbocycles. The van der Waals surface area contributed by atoms with E-state index in [1.54, 1.807) is 0 Å². The number of amides is 1. The monoisotopic (exact) mass is 238 g/mol. The first-order chi connectivity index (χ1) is 8.18. The van der Waals surface area contributed by atoms with Gasteiger partial charge in [0, 0.05) is 6.54 Å². The van der Waals surface area contributed by atoms with Gasteiger partial charge in [-0.1, -0.05) is 39.5 Å². The summed E-state index contributed by atoms with van der Waals surface area (Å²) in [6.45, 7) is 5.85. The summed E-state index contributed by atoms with van der Waals surface area (Å²) in [7, 11) is 0. The molecule has 1 amide bonds. The van der Waals surface area contributed by atoms with Gasteiger partial charge in [-0.15, -0.1) is 0 Å². The number of nitrogens with one attached hydrogen (secondary N) is 1. The molecule has 17 heavy (non-hydrogen) atoms. The second-order valence-electron chi connectivity index (χ2n) is 5.95. The van der Waals surface area contributed by atoms with E-state index in [0.717, 1.165) is 12.5 Å². The van der Waals surface area contributed by atoms with Crippen molar-refractivity contribution in [3.8, 4) is 0 Å². The van der Waals surface area contributed by atoms with Crippen LogP contribution >= 0.6 is 0 Å². The van der Waals surface area contributed by atoms with E-state index in [1.165, 1.54) is 38.5 Å². The average molecular weight is 238 g/mol. The van der Waals surface area contributed by atoms with Gasteiger partial charge in [0.15, 0.2) is 0 Å². The number of hydrogen-bond donors (Lipinski definition) is 1. The zero-order valence-corrected chi connectivity index (χ0v) is 11.2. The third-order valence-electron chi connectivity index (χ3n) is 4.24. The van der Waals surface area contributed by atoms with Gasteiger partial charge in [0.2, 0.25) is 5.91 Å². The van der Waals surface area contributed by atoms with Crippen molar-refractivity contribution in [3.05, 3.63) is 0 Å². The van der Waals surface area contributed by atoms with Crippen molar-refractivity contribution in [2.75, 3.05) is 13.1 Å². The molecule has 0 aromatic heterocycles. The van der Waals surface area contributed by atoms with Gasteiger partial charge < -0.3 is 4.90 Å². The molecule has 1 saturated heterocycles. The van der Waals surface area contributed by atoms with Crippen LogP contribution in [0.1, 0.15) is 52.4 Å². The van der Waals surface area contributed by atoms with Crippen molar-refractivity contribution >= 4 is 5.91 Å². The highest BCUT2D eigenvalue weighted by molar-refractivity contribution is 5.80. The summed E-state index contributed by atoms with van der Waals surface area (Å²) in [5.74, 6) is 1.74. The van der Waals surface area contributed by atoms with Gasteiger partial charge in [-0.2, -0.15) is 0 Å². The Morgan fingerprint density at radius 2 is 2.06 bits per heavy atom. The number of nitrogens with zero attached hydrogens (tertiary/aromatic N) is 1. The zero-order chi connectivity index (χ0) is 12.3. The Hall–Kier alpha value is -0.570. The van der Waals surface area contributed by atoms with Gasteiger partial charge in [0.25, 0.3) is 0 Å². The lowest BCUT2D eigenvalue weighted by Gasteiger charge is -2.27. The van der Waals surface area contributed by atoms with Crippen molar-refractivity contribution < 1.29 is 4.79 Å². The molecule has 1 aliphatic heterocycles. The molecular weight excluding hydrogens is 212 g/mol. The SMILES string of the molecule is CC(C)C1NCC(=O)N1CCCC1CCCC1. The Labute approximate surface area is 105 Å². The summed E-state index contributed by atoms with van der Waals surface area (Å²) < 4.78 is 0. The summed E-state index contributed by atoms with van der Waals surface area (Å²) in [6, 6.07) is 0. The highest BCUT2D eigenvalue weighted by Gasteiger charge is 2.31. The largest absolute Gasteiger partial charge is 0.326 e. The molecule has 0 bridgehead atoms. The van der Waals surface area contributed by atoms with Crippen molar-refractivity contribution in [1.29, 1.82) is 0 Å². The van der Waals surface area contributed by atoms with Crippen LogP contribution in [0.3, 0.4) is 0 Å². The molecule has 1 heterocycles. The maximum atomic E-state index is 11.8. The quantitative estimate of drug-likeness (QED) is 0.797. The lowest BCUT2D eigenvalue weighted by molar-refractivity contribution is -0.128. The van der Waals surface area contributed by atoms with E-state index < -0.39 is 0 Å². The normalized spacial score (nSPS) is 26.4. The van der Waals surface area contributed by atoms with E-state index >= 15 is 0 Å². The third-order valence-corrected chi connectivity index (χ3v) is 4.24. The van der Waals surface area contributed by atoms with E-state index in [9.17, 15) is 4.79 Å². The predicted molar refractivity (Wildman–Crippen MR) is 69.5 cm³/mol. The molecule has 0 radical (unpaired) electrons. The summed E-state index contributed by atoms with van der Waals surface area (Å²) >= 11 is 0. The maximum Gasteiger partial charge on any atom is 0.237 e. The van der Waals surface area contributed by atoms with E-state index in [0.29, 0.717) is 12.5 Å². The number of hydrogen-bond acceptors (Lipinski definition) is 2. The summed E-state index contributed by atoms with van der Waals surface area (Å²) in [4.78, 5) is 13.8. The highest BCUT2D eigenvalue weighted by Crippen LogP contribution is 2.28. The molecule has 3 nitrogen and oxygen atoms in total. The Kier molecular flexibility index (Phi) is 4.43. The Balaban J connectivity index is 1.74. The fourth-order valence-electron chi connectivity index (χ4n) is 3.27. The average Bonchev–Trinajstić information content (AvgIpc) is 2.89. The van der Waals surface area contributed by atoms with Crippen LogP contribution in [0, 0.1) is 11.8 Å². The van der Waals surface area contributed by atoms with E-state index in [2.05, 4.69) is 24.1 Å². The fourth-order valence-corrected chi connectivity index (χ4v) is 3.27. The predicted octanol–water partition coefficient (Wildman–Crippen LogP) is 2.37. The molecule has 0 spiro atoms. The van der Waals surface area contributed by atoms with E-state index in [1.807, 2.05) is 0 Å². The minimum atomic E-state index is 0.270. The lowest BCUT2D eigenvalue weighted by Crippen LogP contribution is -2.41. The van der Waals surface area contributed by atoms with Gasteiger partial charge in [-0.3, -0.25) is 10.1 Å². The maximum absolute atomic E-state index is 11.8. The lowest BCUT2D eigenvalue weighted by atomic mass is 10.0. The van der Waals surface area contributed by atoms with Crippen molar-refractivity contribution in [3.63, 3.8) is 0 Å². The molecule has 0 aromatic rings. The van der Waals surface area contributed by atoms with Gasteiger partial charge >= 0.3 is 0 Å². The second-order valence-corrected chi connectivity index (χ2v) is 5.95. The molecule has 98 valence electrons. The van der Waals surface area contributed by atoms with Crippen LogP contribution in [0.4, 0.5) is 0 Å². The molecule has 2 fully saturated rings. The Bertz CT molecular complexity index is 259. The smallest absolute Gasteiger partial charge is 0.237 e. The minimum absolute atomic E-state index is 0.270. The van der Waals surface area contributed by atoms with Crippen molar-refractivity contribution in [2.24, 2.45) is 11.8 Å². The first-order valence-corrected chi connectivity index (χ1v) is 7.21. The molecule has 0 aromatic carbocycles. The molecule has 3 heteroatoms. The number of carbonyl (C=O) groups excluding carboxylic acids is 1. The van der Waals surface area contributed by atoms with Crippen LogP contribution in [0.15, 0.2) is 0 Å². The van der Waals surface area contributed by atoms with Gasteiger partial charge in [0.1, 0.15) is 0 Å². The molecule has 1 saturated carbocycles. The van der Waals surface area contributed by atoms with Crippen LogP contribution in [0.2, 0.25) is 0 Å². The van der Waals surface area contributed by atoms with Crippen LogP contribution in [0.5, 0.6) is 0 Å². The number of rotatable bonds is 5. The summed E-state index contributed by atoms with van der Waals surface area (Å²) in [6.07, 6.45) is 8.44. The molecule has 1 unspecified atom stereocenters. The standard InChI is InChI=1S/C14H26N2O/c1-11(2)14-15-10-13(17)16(14)9-5-8-12-6-3-4-7-12/h11-12,14-15H,3-10H2,1-2H3. The van der Waals surface area contributed by atoms with Gasteiger partial charge in [-0.05, 0) is 24.7 Å². The van der Waals surface area contributed by atoms with Crippen LogP contribution in [-0.2, 0) is 4.79 Å². The Morgan fingerprint density at radius 3 is 2.71 bits per heavy atom. The topological polar surface area (TPSA) is 32.3 Å². The van der Waals surface area contributed by atoms with Crippen LogP contribution in [-0.4, -0.2) is 30.1 Å². The molecular formula is C14H26N2O. The fraction of sp³-hybridized carbons (Fsp3) is 0.929. The zero-order valence-electron chi connectivity index (χ0n) is 11.2. The minimum Gasteiger partial charge on any atom is -0.326 e. The van der Waals surface area contributed by atoms with E-state index in [-0.39, 0.29) is 12.1 Å². The molecule has 2 rings (SSSR count). The number of carbonyl (C=O) groups is 1. The second kappa shape index (κ2) is 5.85. The van der Waals surface area contributed by atoms with Gasteiger partial charge in [-0.25, -0.2) is 0 Å². The molecule has 1 atom stereocenters. The van der Waals surface area contributed by atoms with Crippen LogP contribution in [0.25, 0.3) is 0 Å². The molecule has 1 N–H and O–H groups in total. The third kappa shape index (κ3) is 3.21. The first kappa shape index (κ1) is 12.9. The van der Waals surface area contributed by atoms with Crippen LogP contribution < -0.4 is 5.32 Å². The summed E-state index contributed by atoms with van der Waals surface area (Å²) in [5, 5.41) is 3.31. The molecule has 2 aliphatic rings. The van der Waals surface area contributed by atoms with Crippen molar-refractivity contribution in [1.82, 2.24) is 10.2 Å².